The van der Waals surface area contributed by atoms with Crippen LogP contribution in [0.4, 0.5) is 9.59 Å². The van der Waals surface area contributed by atoms with Crippen LogP contribution in [0.15, 0.2) is 38.0 Å². The number of esters is 3. The van der Waals surface area contributed by atoms with Gasteiger partial charge in [0, 0.05) is 37.9 Å². The third-order valence-corrected chi connectivity index (χ3v) is 4.72. The first-order chi connectivity index (χ1) is 16.2. The van der Waals surface area contributed by atoms with Gasteiger partial charge < -0.3 is 24.4 Å². The maximum atomic E-state index is 12.1. The fourth-order valence-electron chi connectivity index (χ4n) is 2.80. The summed E-state index contributed by atoms with van der Waals surface area (Å²) in [6.07, 6.45) is 4.39. The molecule has 1 aliphatic heterocycles. The van der Waals surface area contributed by atoms with E-state index in [0.717, 1.165) is 43.9 Å². The number of likely N-dealkylation sites (tertiary alicyclic amines) is 1. The second-order valence-electron chi connectivity index (χ2n) is 7.41. The maximum absolute atomic E-state index is 12.1. The summed E-state index contributed by atoms with van der Waals surface area (Å²) in [5, 5.41) is 2.31. The Labute approximate surface area is 197 Å². The first-order valence-electron chi connectivity index (χ1n) is 10.5. The molecule has 0 atom stereocenters. The van der Waals surface area contributed by atoms with E-state index < -0.39 is 55.3 Å². The molecule has 1 saturated heterocycles. The highest BCUT2D eigenvalue weighted by atomic mass is 17.2. The van der Waals surface area contributed by atoms with Gasteiger partial charge in [0.05, 0.1) is 5.41 Å². The van der Waals surface area contributed by atoms with Crippen LogP contribution in [0.25, 0.3) is 0 Å². The van der Waals surface area contributed by atoms with Gasteiger partial charge in [-0.15, -0.1) is 0 Å². The predicted molar refractivity (Wildman–Crippen MR) is 117 cm³/mol. The zero-order valence-electron chi connectivity index (χ0n) is 19.0. The molecule has 0 unspecified atom stereocenters. The number of hydrogen-bond donors (Lipinski definition) is 1. The van der Waals surface area contributed by atoms with Gasteiger partial charge in [0.2, 0.25) is 0 Å². The standard InChI is InChI=1S/C22H30N2O10/c1-4-17(25)30-14-22(15-31-18(26)5-2,16-32-19(27)6-3)13-23-20(28)33-34-21(29)24-11-9-7-8-10-12-24/h4-6H,1-3,7-16H2,(H,23,28). The van der Waals surface area contributed by atoms with Crippen molar-refractivity contribution in [3.8, 4) is 0 Å². The molecule has 0 bridgehead atoms. The van der Waals surface area contributed by atoms with Crippen LogP contribution in [0, 0.1) is 5.41 Å². The lowest BCUT2D eigenvalue weighted by Crippen LogP contribution is -2.48. The molecule has 0 aromatic rings. The highest BCUT2D eigenvalue weighted by molar-refractivity contribution is 5.82. The van der Waals surface area contributed by atoms with Crippen molar-refractivity contribution in [2.24, 2.45) is 5.41 Å². The summed E-state index contributed by atoms with van der Waals surface area (Å²) in [4.78, 5) is 69.5. The van der Waals surface area contributed by atoms with Crippen LogP contribution >= 0.6 is 0 Å². The Morgan fingerprint density at radius 1 is 0.735 bits per heavy atom. The first kappa shape index (κ1) is 28.2. The third-order valence-electron chi connectivity index (χ3n) is 4.72. The van der Waals surface area contributed by atoms with Crippen LogP contribution < -0.4 is 5.32 Å². The van der Waals surface area contributed by atoms with Crippen LogP contribution in [0.1, 0.15) is 25.7 Å². The second-order valence-corrected chi connectivity index (χ2v) is 7.41. The Kier molecular flexibility index (Phi) is 12.5. The van der Waals surface area contributed by atoms with E-state index in [9.17, 15) is 24.0 Å². The van der Waals surface area contributed by atoms with Gasteiger partial charge in [-0.05, 0) is 12.8 Å². The number of amides is 2. The largest absolute Gasteiger partial charge is 0.462 e. The van der Waals surface area contributed by atoms with Crippen molar-refractivity contribution >= 4 is 30.1 Å². The van der Waals surface area contributed by atoms with Crippen molar-refractivity contribution < 1.29 is 48.0 Å². The van der Waals surface area contributed by atoms with Crippen molar-refractivity contribution in [3.63, 3.8) is 0 Å². The number of rotatable bonds is 11. The number of hydrogen-bond acceptors (Lipinski definition) is 10. The molecule has 0 aromatic heterocycles. The number of nitrogens with zero attached hydrogens (tertiary/aromatic N) is 1. The van der Waals surface area contributed by atoms with E-state index in [1.54, 1.807) is 0 Å². The van der Waals surface area contributed by atoms with Crippen molar-refractivity contribution in [1.82, 2.24) is 10.2 Å². The Hall–Kier alpha value is -3.83. The molecule has 0 aromatic carbocycles. The van der Waals surface area contributed by atoms with Gasteiger partial charge in [-0.2, -0.15) is 0 Å². The molecule has 1 N–H and O–H groups in total. The minimum absolute atomic E-state index is 0.369. The van der Waals surface area contributed by atoms with Crippen molar-refractivity contribution in [1.29, 1.82) is 0 Å². The number of ether oxygens (including phenoxy) is 3. The topological polar surface area (TPSA) is 147 Å². The smallest absolute Gasteiger partial charge is 0.453 e. The summed E-state index contributed by atoms with van der Waals surface area (Å²) in [7, 11) is 0. The number of nitrogens with one attached hydrogen (secondary N) is 1. The molecule has 188 valence electrons. The molecule has 1 fully saturated rings. The number of carbonyl (C=O) groups excluding carboxylic acids is 5. The van der Waals surface area contributed by atoms with E-state index in [-0.39, 0.29) is 6.54 Å². The average Bonchev–Trinajstić information content (AvgIpc) is 3.15. The first-order valence-corrected chi connectivity index (χ1v) is 10.5. The molecular formula is C22H30N2O10. The summed E-state index contributed by atoms with van der Waals surface area (Å²) < 4.78 is 15.1. The summed E-state index contributed by atoms with van der Waals surface area (Å²) in [5.74, 6) is -2.41. The van der Waals surface area contributed by atoms with Gasteiger partial charge in [-0.25, -0.2) is 33.7 Å². The van der Waals surface area contributed by atoms with Gasteiger partial charge in [-0.1, -0.05) is 32.6 Å². The fourth-order valence-corrected chi connectivity index (χ4v) is 2.80. The van der Waals surface area contributed by atoms with Gasteiger partial charge >= 0.3 is 30.1 Å². The molecule has 0 spiro atoms. The summed E-state index contributed by atoms with van der Waals surface area (Å²) in [5.41, 5.74) is -1.43. The zero-order chi connectivity index (χ0) is 25.4. The molecule has 2 amide bonds. The summed E-state index contributed by atoms with van der Waals surface area (Å²) in [6, 6.07) is 0. The molecule has 1 rings (SSSR count). The van der Waals surface area contributed by atoms with Crippen molar-refractivity contribution in [2.75, 3.05) is 39.5 Å². The van der Waals surface area contributed by atoms with Crippen LogP contribution in [0.5, 0.6) is 0 Å². The number of carbonyl (C=O) groups is 5. The molecular weight excluding hydrogens is 452 g/mol. The van der Waals surface area contributed by atoms with Crippen molar-refractivity contribution in [3.05, 3.63) is 38.0 Å². The zero-order valence-corrected chi connectivity index (χ0v) is 19.0. The lowest BCUT2D eigenvalue weighted by atomic mass is 9.91. The second kappa shape index (κ2) is 15.1. The Morgan fingerprint density at radius 3 is 1.59 bits per heavy atom. The Morgan fingerprint density at radius 2 is 1.18 bits per heavy atom. The monoisotopic (exact) mass is 482 g/mol. The van der Waals surface area contributed by atoms with Gasteiger partial charge in [0.15, 0.2) is 0 Å². The van der Waals surface area contributed by atoms with E-state index in [1.165, 1.54) is 4.90 Å². The van der Waals surface area contributed by atoms with Crippen LogP contribution in [-0.4, -0.2) is 74.4 Å². The molecule has 1 aliphatic rings. The van der Waals surface area contributed by atoms with Gasteiger partial charge in [-0.3, -0.25) is 0 Å². The molecule has 12 nitrogen and oxygen atoms in total. The third kappa shape index (κ3) is 10.7. The van der Waals surface area contributed by atoms with Gasteiger partial charge in [0.25, 0.3) is 0 Å². The summed E-state index contributed by atoms with van der Waals surface area (Å²) in [6.45, 7) is 9.13. The van der Waals surface area contributed by atoms with Crippen LogP contribution in [-0.2, 0) is 38.4 Å². The lowest BCUT2D eigenvalue weighted by molar-refractivity contribution is -0.189. The predicted octanol–water partition coefficient (Wildman–Crippen LogP) is 1.81. The van der Waals surface area contributed by atoms with E-state index in [1.807, 2.05) is 0 Å². The van der Waals surface area contributed by atoms with E-state index in [2.05, 4.69) is 34.8 Å². The van der Waals surface area contributed by atoms with Crippen LogP contribution in [0.3, 0.4) is 0 Å². The molecule has 0 aliphatic carbocycles. The van der Waals surface area contributed by atoms with Crippen molar-refractivity contribution in [2.45, 2.75) is 25.7 Å². The Bertz CT molecular complexity index is 712. The fraction of sp³-hybridized carbons (Fsp3) is 0.500. The SMILES string of the molecule is C=CC(=O)OCC(CNC(=O)OOC(=O)N1CCCCCC1)(COC(=O)C=C)COC(=O)C=C. The minimum atomic E-state index is -1.43. The highest BCUT2D eigenvalue weighted by Crippen LogP contribution is 2.20. The van der Waals surface area contributed by atoms with Gasteiger partial charge in [0.1, 0.15) is 19.8 Å². The molecule has 34 heavy (non-hydrogen) atoms. The van der Waals surface area contributed by atoms with E-state index in [4.69, 9.17) is 14.2 Å². The normalized spacial score (nSPS) is 13.4. The molecule has 12 heteroatoms. The van der Waals surface area contributed by atoms with Crippen LogP contribution in [0.2, 0.25) is 0 Å². The average molecular weight is 482 g/mol. The minimum Gasteiger partial charge on any atom is -0.462 e. The maximum Gasteiger partial charge on any atom is 0.453 e. The molecule has 0 radical (unpaired) electrons. The molecule has 1 heterocycles. The Balaban J connectivity index is 2.81. The van der Waals surface area contributed by atoms with E-state index >= 15 is 0 Å². The lowest BCUT2D eigenvalue weighted by Gasteiger charge is -2.31. The molecule has 0 saturated carbocycles. The summed E-state index contributed by atoms with van der Waals surface area (Å²) >= 11 is 0. The van der Waals surface area contributed by atoms with E-state index in [0.29, 0.717) is 13.1 Å². The highest BCUT2D eigenvalue weighted by Gasteiger charge is 2.36. The quantitative estimate of drug-likeness (QED) is 0.152.